The van der Waals surface area contributed by atoms with Crippen LogP contribution >= 0.6 is 0 Å². The topological polar surface area (TPSA) is 80.9 Å². The molecule has 0 saturated heterocycles. The molecule has 0 aliphatic rings. The maximum Gasteiger partial charge on any atom is 0.269 e. The molecule has 0 unspecified atom stereocenters. The van der Waals surface area contributed by atoms with Gasteiger partial charge >= 0.3 is 0 Å². The van der Waals surface area contributed by atoms with Gasteiger partial charge in [-0.2, -0.15) is 0 Å². The maximum atomic E-state index is 10.8. The predicted molar refractivity (Wildman–Crippen MR) is 77.0 cm³/mol. The lowest BCUT2D eigenvalue weighted by atomic mass is 10.0. The van der Waals surface area contributed by atoms with Crippen molar-refractivity contribution in [1.82, 2.24) is 10.2 Å². The van der Waals surface area contributed by atoms with Gasteiger partial charge in [-0.25, -0.2) is 0 Å². The molecule has 0 spiro atoms. The average molecular weight is 264 g/mol. The number of carbonyl (C=O) groups excluding carboxylic acids is 1. The Morgan fingerprint density at radius 2 is 1.95 bits per heavy atom. The highest BCUT2D eigenvalue weighted by Crippen LogP contribution is 2.09. The van der Waals surface area contributed by atoms with Crippen LogP contribution in [0.1, 0.15) is 56.4 Å². The minimum absolute atomic E-state index is 0.194. The molecule has 19 heavy (non-hydrogen) atoms. The number of nitrogens with zero attached hydrogens (tertiary/aromatic N) is 2. The van der Waals surface area contributed by atoms with Crippen LogP contribution in [0.4, 0.5) is 5.82 Å². The van der Waals surface area contributed by atoms with Crippen LogP contribution in [0, 0.1) is 5.92 Å². The van der Waals surface area contributed by atoms with Crippen molar-refractivity contribution >= 4 is 11.7 Å². The highest BCUT2D eigenvalue weighted by atomic mass is 16.1. The number of hydrogen-bond acceptors (Lipinski definition) is 4. The molecular weight excluding hydrogens is 240 g/mol. The van der Waals surface area contributed by atoms with E-state index in [-0.39, 0.29) is 5.69 Å². The summed E-state index contributed by atoms with van der Waals surface area (Å²) in [6.45, 7) is 5.40. The van der Waals surface area contributed by atoms with Gasteiger partial charge in [-0.15, -0.1) is 10.2 Å². The van der Waals surface area contributed by atoms with Crippen molar-refractivity contribution < 1.29 is 4.79 Å². The first kappa shape index (κ1) is 15.4. The number of aromatic nitrogens is 2. The largest absolute Gasteiger partial charge is 0.369 e. The van der Waals surface area contributed by atoms with E-state index in [1.165, 1.54) is 25.7 Å². The molecule has 5 heteroatoms. The first-order valence-electron chi connectivity index (χ1n) is 6.97. The quantitative estimate of drug-likeness (QED) is 0.672. The number of amides is 1. The van der Waals surface area contributed by atoms with Gasteiger partial charge in [0, 0.05) is 6.54 Å². The molecule has 0 aliphatic heterocycles. The SMILES string of the molecule is CC(C)CCCCCCNc1ccc(C(N)=O)nn1. The van der Waals surface area contributed by atoms with Crippen LogP contribution in [0.2, 0.25) is 0 Å². The number of carbonyl (C=O) groups is 1. The average Bonchev–Trinajstić information content (AvgIpc) is 2.38. The van der Waals surface area contributed by atoms with Gasteiger partial charge in [-0.3, -0.25) is 4.79 Å². The second-order valence-corrected chi connectivity index (χ2v) is 5.19. The Morgan fingerprint density at radius 3 is 2.53 bits per heavy atom. The molecule has 0 aromatic carbocycles. The van der Waals surface area contributed by atoms with Crippen LogP contribution in [0.25, 0.3) is 0 Å². The first-order valence-corrected chi connectivity index (χ1v) is 6.97. The van der Waals surface area contributed by atoms with Crippen molar-refractivity contribution in [2.75, 3.05) is 11.9 Å². The molecule has 0 atom stereocenters. The Kier molecular flexibility index (Phi) is 6.85. The number of nitrogens with two attached hydrogens (primary N) is 1. The molecular formula is C14H24N4O. The molecule has 0 radical (unpaired) electrons. The third-order valence-electron chi connectivity index (χ3n) is 2.93. The summed E-state index contributed by atoms with van der Waals surface area (Å²) in [5, 5.41) is 10.8. The van der Waals surface area contributed by atoms with Gasteiger partial charge in [0.2, 0.25) is 0 Å². The molecule has 0 bridgehead atoms. The summed E-state index contributed by atoms with van der Waals surface area (Å²) >= 11 is 0. The molecule has 106 valence electrons. The zero-order valence-corrected chi connectivity index (χ0v) is 11.9. The van der Waals surface area contributed by atoms with Crippen LogP contribution in [-0.4, -0.2) is 22.6 Å². The second kappa shape index (κ2) is 8.45. The van der Waals surface area contributed by atoms with Gasteiger partial charge < -0.3 is 11.1 Å². The molecule has 5 nitrogen and oxygen atoms in total. The van der Waals surface area contributed by atoms with Crippen molar-refractivity contribution in [3.8, 4) is 0 Å². The molecule has 3 N–H and O–H groups in total. The number of unbranched alkanes of at least 4 members (excludes halogenated alkanes) is 3. The number of primary amides is 1. The number of rotatable bonds is 9. The van der Waals surface area contributed by atoms with E-state index in [9.17, 15) is 4.79 Å². The maximum absolute atomic E-state index is 10.8. The van der Waals surface area contributed by atoms with Crippen LogP contribution in [0.15, 0.2) is 12.1 Å². The Hall–Kier alpha value is -1.65. The zero-order valence-electron chi connectivity index (χ0n) is 11.9. The van der Waals surface area contributed by atoms with Crippen molar-refractivity contribution in [2.45, 2.75) is 46.0 Å². The van der Waals surface area contributed by atoms with Crippen LogP contribution < -0.4 is 11.1 Å². The predicted octanol–water partition coefficient (Wildman–Crippen LogP) is 2.59. The third kappa shape index (κ3) is 6.74. The molecule has 1 heterocycles. The minimum Gasteiger partial charge on any atom is -0.369 e. The van der Waals surface area contributed by atoms with E-state index in [2.05, 4.69) is 29.4 Å². The molecule has 0 saturated carbocycles. The fourth-order valence-electron chi connectivity index (χ4n) is 1.81. The van der Waals surface area contributed by atoms with E-state index < -0.39 is 5.91 Å². The van der Waals surface area contributed by atoms with Gasteiger partial charge in [-0.05, 0) is 24.5 Å². The van der Waals surface area contributed by atoms with Crippen LogP contribution in [0.3, 0.4) is 0 Å². The summed E-state index contributed by atoms with van der Waals surface area (Å²) in [6, 6.07) is 3.31. The van der Waals surface area contributed by atoms with E-state index in [1.54, 1.807) is 12.1 Å². The molecule has 1 aromatic heterocycles. The Labute approximate surface area is 115 Å². The summed E-state index contributed by atoms with van der Waals surface area (Å²) in [5.74, 6) is 0.938. The van der Waals surface area contributed by atoms with Crippen molar-refractivity contribution in [1.29, 1.82) is 0 Å². The van der Waals surface area contributed by atoms with E-state index in [1.807, 2.05) is 0 Å². The van der Waals surface area contributed by atoms with E-state index in [0.717, 1.165) is 18.9 Å². The summed E-state index contributed by atoms with van der Waals surface area (Å²) in [6.07, 6.45) is 6.26. The van der Waals surface area contributed by atoms with E-state index in [0.29, 0.717) is 5.82 Å². The zero-order chi connectivity index (χ0) is 14.1. The van der Waals surface area contributed by atoms with Gasteiger partial charge in [0.25, 0.3) is 5.91 Å². The first-order chi connectivity index (χ1) is 9.09. The van der Waals surface area contributed by atoms with Gasteiger partial charge in [-0.1, -0.05) is 39.5 Å². The summed E-state index contributed by atoms with van der Waals surface area (Å²) < 4.78 is 0. The van der Waals surface area contributed by atoms with Crippen molar-refractivity contribution in [3.63, 3.8) is 0 Å². The van der Waals surface area contributed by atoms with Crippen LogP contribution in [-0.2, 0) is 0 Å². The lowest BCUT2D eigenvalue weighted by Crippen LogP contribution is -2.14. The fraction of sp³-hybridized carbons (Fsp3) is 0.643. The summed E-state index contributed by atoms with van der Waals surface area (Å²) in [5.41, 5.74) is 5.29. The number of anilines is 1. The number of hydrogen-bond donors (Lipinski definition) is 2. The lowest BCUT2D eigenvalue weighted by Gasteiger charge is -2.06. The Balaban J connectivity index is 2.11. The van der Waals surface area contributed by atoms with Gasteiger partial charge in [0.15, 0.2) is 5.69 Å². The van der Waals surface area contributed by atoms with Crippen molar-refractivity contribution in [3.05, 3.63) is 17.8 Å². The number of nitrogens with one attached hydrogen (secondary N) is 1. The highest BCUT2D eigenvalue weighted by molar-refractivity contribution is 5.90. The van der Waals surface area contributed by atoms with E-state index in [4.69, 9.17) is 5.73 Å². The lowest BCUT2D eigenvalue weighted by molar-refractivity contribution is 0.0994. The van der Waals surface area contributed by atoms with Crippen molar-refractivity contribution in [2.24, 2.45) is 11.7 Å². The standard InChI is InChI=1S/C14H24N4O/c1-11(2)7-5-3-4-6-10-16-13-9-8-12(14(15)19)17-18-13/h8-9,11H,3-7,10H2,1-2H3,(H2,15,19)(H,16,18). The molecule has 1 amide bonds. The molecule has 0 fully saturated rings. The Morgan fingerprint density at radius 1 is 1.21 bits per heavy atom. The van der Waals surface area contributed by atoms with Crippen LogP contribution in [0.5, 0.6) is 0 Å². The molecule has 0 aliphatic carbocycles. The smallest absolute Gasteiger partial charge is 0.269 e. The van der Waals surface area contributed by atoms with Gasteiger partial charge in [0.05, 0.1) is 0 Å². The monoisotopic (exact) mass is 264 g/mol. The fourth-order valence-corrected chi connectivity index (χ4v) is 1.81. The highest BCUT2D eigenvalue weighted by Gasteiger charge is 2.02. The second-order valence-electron chi connectivity index (χ2n) is 5.19. The molecule has 1 aromatic rings. The third-order valence-corrected chi connectivity index (χ3v) is 2.93. The summed E-state index contributed by atoms with van der Waals surface area (Å²) in [7, 11) is 0. The molecule has 1 rings (SSSR count). The summed E-state index contributed by atoms with van der Waals surface area (Å²) in [4.78, 5) is 10.8. The van der Waals surface area contributed by atoms with E-state index >= 15 is 0 Å². The minimum atomic E-state index is -0.552. The van der Waals surface area contributed by atoms with Gasteiger partial charge in [0.1, 0.15) is 5.82 Å². The normalized spacial score (nSPS) is 10.7. The Bertz CT molecular complexity index is 376.